The third kappa shape index (κ3) is 1.90. The van der Waals surface area contributed by atoms with Gasteiger partial charge in [0.15, 0.2) is 0 Å². The molecule has 0 saturated heterocycles. The van der Waals surface area contributed by atoms with E-state index < -0.39 is 0 Å². The molecule has 0 saturated carbocycles. The molecule has 1 aliphatic rings. The Bertz CT molecular complexity index is 294. The van der Waals surface area contributed by atoms with Crippen LogP contribution in [-0.4, -0.2) is 13.1 Å². The topological polar surface area (TPSA) is 38.0 Å². The standard InChI is InChI=1S/C11H16N2/c12-5-3-9-1-2-11-8-13-6-4-10(11)7-9/h1-2,7,13H,3-6,8,12H2. The Kier molecular flexibility index (Phi) is 2.62. The molecule has 70 valence electrons. The SMILES string of the molecule is NCCc1ccc2c(c1)CCNC2. The molecule has 13 heavy (non-hydrogen) atoms. The van der Waals surface area contributed by atoms with E-state index in [1.807, 2.05) is 0 Å². The van der Waals surface area contributed by atoms with Crippen LogP contribution in [0.1, 0.15) is 16.7 Å². The Hall–Kier alpha value is -0.860. The van der Waals surface area contributed by atoms with E-state index in [1.54, 1.807) is 0 Å². The lowest BCUT2D eigenvalue weighted by Gasteiger charge is -2.17. The van der Waals surface area contributed by atoms with Gasteiger partial charge in [0, 0.05) is 6.54 Å². The van der Waals surface area contributed by atoms with Crippen LogP contribution in [0.25, 0.3) is 0 Å². The molecular weight excluding hydrogens is 160 g/mol. The highest BCUT2D eigenvalue weighted by Crippen LogP contribution is 2.15. The molecule has 0 fully saturated rings. The van der Waals surface area contributed by atoms with Crippen LogP contribution in [0, 0.1) is 0 Å². The monoisotopic (exact) mass is 176 g/mol. The third-order valence-electron chi connectivity index (χ3n) is 2.59. The van der Waals surface area contributed by atoms with Crippen LogP contribution in [0.5, 0.6) is 0 Å². The van der Waals surface area contributed by atoms with Gasteiger partial charge < -0.3 is 11.1 Å². The Morgan fingerprint density at radius 3 is 3.08 bits per heavy atom. The van der Waals surface area contributed by atoms with Gasteiger partial charge >= 0.3 is 0 Å². The minimum absolute atomic E-state index is 0.747. The van der Waals surface area contributed by atoms with Gasteiger partial charge in [-0.05, 0) is 42.6 Å². The Balaban J connectivity index is 2.24. The maximum atomic E-state index is 5.52. The second-order valence-corrected chi connectivity index (χ2v) is 3.57. The molecule has 3 N–H and O–H groups in total. The summed E-state index contributed by atoms with van der Waals surface area (Å²) in [5.74, 6) is 0. The summed E-state index contributed by atoms with van der Waals surface area (Å²) >= 11 is 0. The number of hydrogen-bond acceptors (Lipinski definition) is 2. The zero-order chi connectivity index (χ0) is 9.10. The zero-order valence-electron chi connectivity index (χ0n) is 7.84. The van der Waals surface area contributed by atoms with Crippen LogP contribution in [-0.2, 0) is 19.4 Å². The predicted molar refractivity (Wildman–Crippen MR) is 54.6 cm³/mol. The first-order chi connectivity index (χ1) is 6.40. The van der Waals surface area contributed by atoms with Crippen LogP contribution in [0.2, 0.25) is 0 Å². The minimum atomic E-state index is 0.747. The van der Waals surface area contributed by atoms with Gasteiger partial charge in [-0.3, -0.25) is 0 Å². The van der Waals surface area contributed by atoms with E-state index in [0.29, 0.717) is 0 Å². The molecule has 0 bridgehead atoms. The van der Waals surface area contributed by atoms with Crippen molar-refractivity contribution in [3.05, 3.63) is 34.9 Å². The molecule has 1 aromatic carbocycles. The van der Waals surface area contributed by atoms with Gasteiger partial charge in [-0.15, -0.1) is 0 Å². The highest BCUT2D eigenvalue weighted by molar-refractivity contribution is 5.33. The molecule has 2 rings (SSSR count). The fraction of sp³-hybridized carbons (Fsp3) is 0.455. The van der Waals surface area contributed by atoms with Gasteiger partial charge in [-0.2, -0.15) is 0 Å². The number of benzene rings is 1. The number of hydrogen-bond donors (Lipinski definition) is 2. The van der Waals surface area contributed by atoms with E-state index in [4.69, 9.17) is 5.73 Å². The largest absolute Gasteiger partial charge is 0.330 e. The summed E-state index contributed by atoms with van der Waals surface area (Å²) in [4.78, 5) is 0. The normalized spacial score (nSPS) is 15.5. The van der Waals surface area contributed by atoms with E-state index >= 15 is 0 Å². The molecule has 0 spiro atoms. The van der Waals surface area contributed by atoms with E-state index in [1.165, 1.54) is 16.7 Å². The van der Waals surface area contributed by atoms with Crippen LogP contribution in [0.3, 0.4) is 0 Å². The van der Waals surface area contributed by atoms with Crippen molar-refractivity contribution in [2.24, 2.45) is 5.73 Å². The third-order valence-corrected chi connectivity index (χ3v) is 2.59. The summed E-state index contributed by atoms with van der Waals surface area (Å²) in [7, 11) is 0. The Labute approximate surface area is 79.1 Å². The fourth-order valence-corrected chi connectivity index (χ4v) is 1.85. The molecule has 0 aliphatic carbocycles. The minimum Gasteiger partial charge on any atom is -0.330 e. The molecule has 0 atom stereocenters. The molecule has 0 unspecified atom stereocenters. The highest BCUT2D eigenvalue weighted by Gasteiger charge is 2.07. The number of nitrogens with one attached hydrogen (secondary N) is 1. The molecule has 1 aliphatic heterocycles. The average molecular weight is 176 g/mol. The van der Waals surface area contributed by atoms with Gasteiger partial charge in [0.2, 0.25) is 0 Å². The van der Waals surface area contributed by atoms with Crippen molar-refractivity contribution >= 4 is 0 Å². The lowest BCUT2D eigenvalue weighted by molar-refractivity contribution is 0.643. The highest BCUT2D eigenvalue weighted by atomic mass is 14.9. The first-order valence-electron chi connectivity index (χ1n) is 4.91. The maximum absolute atomic E-state index is 5.52. The Morgan fingerprint density at radius 1 is 1.31 bits per heavy atom. The summed E-state index contributed by atoms with van der Waals surface area (Å²) in [6.45, 7) is 2.88. The number of nitrogens with two attached hydrogens (primary N) is 1. The van der Waals surface area contributed by atoms with E-state index in [-0.39, 0.29) is 0 Å². The molecule has 1 aromatic rings. The van der Waals surface area contributed by atoms with Crippen molar-refractivity contribution in [2.75, 3.05) is 13.1 Å². The molecule has 2 heteroatoms. The summed E-state index contributed by atoms with van der Waals surface area (Å²) in [5.41, 5.74) is 9.86. The second kappa shape index (κ2) is 3.90. The average Bonchev–Trinajstić information content (AvgIpc) is 2.18. The summed E-state index contributed by atoms with van der Waals surface area (Å²) in [6, 6.07) is 6.73. The Morgan fingerprint density at radius 2 is 2.23 bits per heavy atom. The summed E-state index contributed by atoms with van der Waals surface area (Å²) in [6.07, 6.45) is 2.16. The molecular formula is C11H16N2. The van der Waals surface area contributed by atoms with Gasteiger partial charge in [0.25, 0.3) is 0 Å². The predicted octanol–water partition coefficient (Wildman–Crippen LogP) is 0.833. The smallest absolute Gasteiger partial charge is 0.0208 e. The van der Waals surface area contributed by atoms with Crippen molar-refractivity contribution in [1.29, 1.82) is 0 Å². The van der Waals surface area contributed by atoms with Crippen LogP contribution < -0.4 is 11.1 Å². The number of fused-ring (bicyclic) bond motifs is 1. The molecule has 1 heterocycles. The van der Waals surface area contributed by atoms with Crippen molar-refractivity contribution in [1.82, 2.24) is 5.32 Å². The quantitative estimate of drug-likeness (QED) is 0.700. The van der Waals surface area contributed by atoms with Gasteiger partial charge in [0.1, 0.15) is 0 Å². The first kappa shape index (κ1) is 8.73. The first-order valence-corrected chi connectivity index (χ1v) is 4.91. The molecule has 2 nitrogen and oxygen atoms in total. The molecule has 0 aromatic heterocycles. The van der Waals surface area contributed by atoms with E-state index in [0.717, 1.165) is 32.5 Å². The summed E-state index contributed by atoms with van der Waals surface area (Å²) in [5, 5.41) is 3.37. The number of rotatable bonds is 2. The maximum Gasteiger partial charge on any atom is 0.0208 e. The van der Waals surface area contributed by atoms with Crippen LogP contribution >= 0.6 is 0 Å². The van der Waals surface area contributed by atoms with Crippen molar-refractivity contribution < 1.29 is 0 Å². The van der Waals surface area contributed by atoms with Gasteiger partial charge in [0.05, 0.1) is 0 Å². The van der Waals surface area contributed by atoms with Gasteiger partial charge in [-0.1, -0.05) is 18.2 Å². The lowest BCUT2D eigenvalue weighted by atomic mass is 9.97. The molecule has 0 amide bonds. The van der Waals surface area contributed by atoms with E-state index in [2.05, 4.69) is 23.5 Å². The van der Waals surface area contributed by atoms with Crippen LogP contribution in [0.4, 0.5) is 0 Å². The second-order valence-electron chi connectivity index (χ2n) is 3.57. The van der Waals surface area contributed by atoms with Crippen molar-refractivity contribution in [2.45, 2.75) is 19.4 Å². The molecule has 0 radical (unpaired) electrons. The zero-order valence-corrected chi connectivity index (χ0v) is 7.84. The van der Waals surface area contributed by atoms with Crippen LogP contribution in [0.15, 0.2) is 18.2 Å². The van der Waals surface area contributed by atoms with Crippen molar-refractivity contribution in [3.63, 3.8) is 0 Å². The summed E-state index contributed by atoms with van der Waals surface area (Å²) < 4.78 is 0. The van der Waals surface area contributed by atoms with Gasteiger partial charge in [-0.25, -0.2) is 0 Å². The van der Waals surface area contributed by atoms with Crippen molar-refractivity contribution in [3.8, 4) is 0 Å². The van der Waals surface area contributed by atoms with E-state index in [9.17, 15) is 0 Å². The fourth-order valence-electron chi connectivity index (χ4n) is 1.85. The lowest BCUT2D eigenvalue weighted by Crippen LogP contribution is -2.23.